The van der Waals surface area contributed by atoms with Crippen LogP contribution < -0.4 is 9.62 Å². The zero-order valence-electron chi connectivity index (χ0n) is 20.7. The lowest BCUT2D eigenvalue weighted by molar-refractivity contribution is 0.706. The highest BCUT2D eigenvalue weighted by Gasteiger charge is 2.48. The Morgan fingerprint density at radius 3 is 1.43 bits per heavy atom. The number of anilines is 2. The monoisotopic (exact) mass is 478 g/mol. The van der Waals surface area contributed by atoms with Crippen molar-refractivity contribution in [2.45, 2.75) is 5.41 Å². The quantitative estimate of drug-likeness (QED) is 0.358. The summed E-state index contributed by atoms with van der Waals surface area (Å²) in [4.78, 5) is 18.7. The van der Waals surface area contributed by atoms with E-state index in [1.165, 1.54) is 22.3 Å². The highest BCUT2D eigenvalue weighted by atomic mass is 15.3. The number of aromatic nitrogens is 2. The summed E-state index contributed by atoms with van der Waals surface area (Å²) < 4.78 is 0. The number of hydrogen-bond acceptors (Lipinski definition) is 6. The van der Waals surface area contributed by atoms with Crippen LogP contribution in [0.4, 0.5) is 11.6 Å². The number of rotatable bonds is 4. The number of hydrogen-bond donors (Lipinski definition) is 0. The van der Waals surface area contributed by atoms with E-state index in [1.807, 2.05) is 85.4 Å². The SMILES string of the molecule is CN1[B]N(c2cccc(C3(c4cccc(N5[B]N(C)C=C5)n4)c4ccccc4-c4ccccc43)n2)C=C1. The van der Waals surface area contributed by atoms with Crippen molar-refractivity contribution in [2.75, 3.05) is 23.7 Å². The summed E-state index contributed by atoms with van der Waals surface area (Å²) in [6.45, 7) is 0. The van der Waals surface area contributed by atoms with Gasteiger partial charge in [0, 0.05) is 24.8 Å². The van der Waals surface area contributed by atoms with Crippen LogP contribution in [0.1, 0.15) is 22.5 Å². The molecule has 0 amide bonds. The van der Waals surface area contributed by atoms with E-state index in [1.54, 1.807) is 0 Å². The summed E-state index contributed by atoms with van der Waals surface area (Å²) in [7, 11) is 8.09. The molecule has 0 saturated carbocycles. The molecular formula is C29H24B2N6. The van der Waals surface area contributed by atoms with E-state index in [0.29, 0.717) is 0 Å². The second kappa shape index (κ2) is 8.30. The zero-order chi connectivity index (χ0) is 25.0. The van der Waals surface area contributed by atoms with Gasteiger partial charge in [0.1, 0.15) is 17.1 Å². The normalized spacial score (nSPS) is 16.6. The van der Waals surface area contributed by atoms with Crippen LogP contribution in [0.25, 0.3) is 11.1 Å². The van der Waals surface area contributed by atoms with Crippen molar-refractivity contribution in [3.05, 3.63) is 132 Å². The fraction of sp³-hybridized carbons (Fsp3) is 0.103. The third-order valence-corrected chi connectivity index (χ3v) is 7.26. The van der Waals surface area contributed by atoms with E-state index >= 15 is 0 Å². The third kappa shape index (κ3) is 3.29. The third-order valence-electron chi connectivity index (χ3n) is 7.26. The Morgan fingerprint density at radius 2 is 1.00 bits per heavy atom. The molecule has 0 fully saturated rings. The first-order valence-electron chi connectivity index (χ1n) is 12.4. The van der Waals surface area contributed by atoms with Crippen molar-refractivity contribution in [3.8, 4) is 11.1 Å². The largest absolute Gasteiger partial charge is 0.406 e. The van der Waals surface area contributed by atoms with Gasteiger partial charge in [0.2, 0.25) is 0 Å². The van der Waals surface area contributed by atoms with Crippen molar-refractivity contribution >= 4 is 26.7 Å². The standard InChI is InChI=1S/C29H24B2N6/c1-34-17-19-36(30-34)27-15-7-13-25(32-27)29(26-14-8-16-28(33-26)37-20-18-35(2)31-37)23-11-5-3-9-21(23)22-10-4-6-12-24(22)29/h3-20H,1-2H3. The molecule has 8 heteroatoms. The van der Waals surface area contributed by atoms with Gasteiger partial charge in [-0.2, -0.15) is 0 Å². The molecule has 0 bridgehead atoms. The van der Waals surface area contributed by atoms with Crippen LogP contribution in [-0.4, -0.2) is 48.8 Å². The van der Waals surface area contributed by atoms with E-state index in [4.69, 9.17) is 9.97 Å². The molecule has 176 valence electrons. The molecule has 37 heavy (non-hydrogen) atoms. The average molecular weight is 478 g/mol. The van der Waals surface area contributed by atoms with Gasteiger partial charge in [-0.1, -0.05) is 60.7 Å². The van der Waals surface area contributed by atoms with Gasteiger partial charge in [0.15, 0.2) is 0 Å². The van der Waals surface area contributed by atoms with Crippen LogP contribution in [0.2, 0.25) is 0 Å². The first-order chi connectivity index (χ1) is 18.1. The second-order valence-corrected chi connectivity index (χ2v) is 9.58. The van der Waals surface area contributed by atoms with Crippen LogP contribution in [0.15, 0.2) is 110 Å². The first-order valence-corrected chi connectivity index (χ1v) is 12.4. The van der Waals surface area contributed by atoms with Crippen LogP contribution in [-0.2, 0) is 5.41 Å². The minimum atomic E-state index is -0.663. The van der Waals surface area contributed by atoms with Gasteiger partial charge < -0.3 is 19.2 Å². The van der Waals surface area contributed by atoms with Gasteiger partial charge in [0.05, 0.1) is 11.4 Å². The van der Waals surface area contributed by atoms with E-state index in [2.05, 4.69) is 72.8 Å². The lowest BCUT2D eigenvalue weighted by Gasteiger charge is -2.33. The molecule has 0 unspecified atom stereocenters. The van der Waals surface area contributed by atoms with Crippen LogP contribution in [0.5, 0.6) is 0 Å². The molecule has 6 nitrogen and oxygen atoms in total. The van der Waals surface area contributed by atoms with E-state index in [-0.39, 0.29) is 0 Å². The van der Waals surface area contributed by atoms with Crippen molar-refractivity contribution in [1.82, 2.24) is 19.6 Å². The summed E-state index contributed by atoms with van der Waals surface area (Å²) in [6.07, 6.45) is 8.10. The van der Waals surface area contributed by atoms with Crippen LogP contribution in [0, 0.1) is 0 Å². The van der Waals surface area contributed by atoms with Crippen LogP contribution >= 0.6 is 0 Å². The number of pyridine rings is 2. The molecule has 4 aromatic rings. The van der Waals surface area contributed by atoms with Gasteiger partial charge in [-0.25, -0.2) is 9.97 Å². The average Bonchev–Trinajstić information content (AvgIpc) is 3.65. The van der Waals surface area contributed by atoms with E-state index < -0.39 is 5.41 Å². The van der Waals surface area contributed by atoms with Gasteiger partial charge in [-0.3, -0.25) is 0 Å². The Morgan fingerprint density at radius 1 is 0.541 bits per heavy atom. The van der Waals surface area contributed by atoms with Gasteiger partial charge in [0.25, 0.3) is 0 Å². The molecule has 0 N–H and O–H groups in total. The van der Waals surface area contributed by atoms with Crippen molar-refractivity contribution in [3.63, 3.8) is 0 Å². The van der Waals surface area contributed by atoms with Crippen molar-refractivity contribution < 1.29 is 0 Å². The highest BCUT2D eigenvalue weighted by molar-refractivity contribution is 6.41. The maximum Gasteiger partial charge on any atom is 0.396 e. The molecule has 2 radical (unpaired) electrons. The summed E-state index contributed by atoms with van der Waals surface area (Å²) in [5.74, 6) is 1.74. The van der Waals surface area contributed by atoms with E-state index in [9.17, 15) is 0 Å². The molecule has 4 heterocycles. The predicted molar refractivity (Wildman–Crippen MR) is 150 cm³/mol. The van der Waals surface area contributed by atoms with Gasteiger partial charge in [-0.05, 0) is 60.6 Å². The Hall–Kier alpha value is -4.45. The molecule has 0 atom stereocenters. The molecule has 2 aliphatic heterocycles. The lowest BCUT2D eigenvalue weighted by atomic mass is 9.72. The summed E-state index contributed by atoms with van der Waals surface area (Å²) in [6, 6.07) is 29.9. The maximum atomic E-state index is 5.29. The highest BCUT2D eigenvalue weighted by Crippen LogP contribution is 2.55. The number of nitrogens with zero attached hydrogens (tertiary/aromatic N) is 6. The van der Waals surface area contributed by atoms with Crippen LogP contribution in [0.3, 0.4) is 0 Å². The molecular weight excluding hydrogens is 454 g/mol. The van der Waals surface area contributed by atoms with Crippen molar-refractivity contribution in [1.29, 1.82) is 0 Å². The van der Waals surface area contributed by atoms with Crippen molar-refractivity contribution in [2.24, 2.45) is 0 Å². The summed E-state index contributed by atoms with van der Waals surface area (Å²) in [5.41, 5.74) is 6.06. The van der Waals surface area contributed by atoms with Gasteiger partial charge >= 0.3 is 15.1 Å². The molecule has 0 saturated heterocycles. The van der Waals surface area contributed by atoms with Gasteiger partial charge in [-0.15, -0.1) is 0 Å². The first kappa shape index (κ1) is 21.8. The molecule has 2 aromatic carbocycles. The maximum absolute atomic E-state index is 5.29. The molecule has 1 aliphatic carbocycles. The summed E-state index contributed by atoms with van der Waals surface area (Å²) in [5, 5.41) is 0. The predicted octanol–water partition coefficient (Wildman–Crippen LogP) is 4.35. The zero-order valence-corrected chi connectivity index (χ0v) is 20.7. The fourth-order valence-corrected chi connectivity index (χ4v) is 5.64. The molecule has 3 aliphatic rings. The smallest absolute Gasteiger partial charge is 0.396 e. The molecule has 0 spiro atoms. The van der Waals surface area contributed by atoms with E-state index in [0.717, 1.165) is 23.0 Å². The lowest BCUT2D eigenvalue weighted by Crippen LogP contribution is -2.33. The Kier molecular flexibility index (Phi) is 4.89. The molecule has 2 aromatic heterocycles. The Labute approximate surface area is 218 Å². The topological polar surface area (TPSA) is 38.7 Å². The minimum Gasteiger partial charge on any atom is -0.406 e. The Balaban J connectivity index is 1.49. The Bertz CT molecular complexity index is 1450. The molecule has 7 rings (SSSR count). The number of fused-ring (bicyclic) bond motifs is 3. The number of benzene rings is 2. The summed E-state index contributed by atoms with van der Waals surface area (Å²) >= 11 is 0. The second-order valence-electron chi connectivity index (χ2n) is 9.58. The fourth-order valence-electron chi connectivity index (χ4n) is 5.64. The minimum absolute atomic E-state index is 0.663.